The number of benzene rings is 3. The fourth-order valence-electron chi connectivity index (χ4n) is 5.61. The number of carbonyl (C=O) groups is 4. The van der Waals surface area contributed by atoms with E-state index in [1.54, 1.807) is 60.7 Å². The second kappa shape index (κ2) is 7.70. The second-order valence-corrected chi connectivity index (χ2v) is 9.50. The number of ether oxygens (including phenoxy) is 1. The van der Waals surface area contributed by atoms with Gasteiger partial charge in [-0.2, -0.15) is 0 Å². The number of hydrogen-bond acceptors (Lipinski definition) is 5. The van der Waals surface area contributed by atoms with Crippen molar-refractivity contribution in [1.82, 2.24) is 0 Å². The molecule has 3 aliphatic rings. The molecule has 2 fully saturated rings. The van der Waals surface area contributed by atoms with E-state index in [1.807, 2.05) is 19.1 Å². The molecular formula is C28H20ClNO5. The molecule has 0 radical (unpaired) electrons. The Bertz CT molecular complexity index is 1380. The van der Waals surface area contributed by atoms with Gasteiger partial charge in [-0.1, -0.05) is 67.1 Å². The maximum absolute atomic E-state index is 13.9. The van der Waals surface area contributed by atoms with Gasteiger partial charge in [0.1, 0.15) is 0 Å². The quantitative estimate of drug-likeness (QED) is 0.400. The minimum atomic E-state index is -2.08. The Kier molecular flexibility index (Phi) is 4.82. The largest absolute Gasteiger partial charge is 0.349 e. The molecule has 35 heavy (non-hydrogen) atoms. The Hall–Kier alpha value is -3.61. The molecule has 3 aromatic carbocycles. The lowest BCUT2D eigenvalue weighted by Crippen LogP contribution is -2.51. The average Bonchev–Trinajstić information content (AvgIpc) is 3.44. The van der Waals surface area contributed by atoms with E-state index in [2.05, 4.69) is 0 Å². The molecule has 6 rings (SSSR count). The predicted octanol–water partition coefficient (Wildman–Crippen LogP) is 4.60. The highest BCUT2D eigenvalue weighted by Crippen LogP contribution is 2.57. The fourth-order valence-corrected chi connectivity index (χ4v) is 5.73. The maximum atomic E-state index is 13.9. The number of halogens is 1. The first kappa shape index (κ1) is 21.9. The van der Waals surface area contributed by atoms with Crippen molar-refractivity contribution in [2.75, 3.05) is 4.90 Å². The number of nitrogens with zero attached hydrogens (tertiary/aromatic N) is 1. The third-order valence-electron chi connectivity index (χ3n) is 7.32. The molecule has 1 spiro atoms. The van der Waals surface area contributed by atoms with E-state index >= 15 is 0 Å². The minimum Gasteiger partial charge on any atom is -0.349 e. The zero-order chi connectivity index (χ0) is 24.5. The lowest BCUT2D eigenvalue weighted by Gasteiger charge is -2.27. The molecule has 2 amide bonds. The summed E-state index contributed by atoms with van der Waals surface area (Å²) in [6, 6.07) is 20.3. The van der Waals surface area contributed by atoms with Gasteiger partial charge in [0, 0.05) is 16.1 Å². The van der Waals surface area contributed by atoms with Crippen LogP contribution >= 0.6 is 11.6 Å². The highest BCUT2D eigenvalue weighted by Gasteiger charge is 2.74. The van der Waals surface area contributed by atoms with E-state index in [0.29, 0.717) is 16.3 Å². The summed E-state index contributed by atoms with van der Waals surface area (Å²) in [6.07, 6.45) is -0.152. The standard InChI is InChI=1S/C28H20ClNO5/c1-2-15-7-13-18(14-8-15)30-26(33)21-22(27(30)34)28(35-23(21)16-9-11-17(29)12-10-16)24(31)19-5-3-4-6-20(19)25(28)32/h3-14,21-23H,2H2,1H3/t21-,22+,23+/m1/s1. The topological polar surface area (TPSA) is 80.8 Å². The van der Waals surface area contributed by atoms with E-state index in [4.69, 9.17) is 16.3 Å². The highest BCUT2D eigenvalue weighted by molar-refractivity contribution is 6.37. The number of fused-ring (bicyclic) bond motifs is 3. The van der Waals surface area contributed by atoms with Gasteiger partial charge in [0.05, 0.1) is 23.6 Å². The first-order valence-electron chi connectivity index (χ1n) is 11.5. The summed E-state index contributed by atoms with van der Waals surface area (Å²) in [4.78, 5) is 56.3. The van der Waals surface area contributed by atoms with Gasteiger partial charge < -0.3 is 4.74 Å². The lowest BCUT2D eigenvalue weighted by molar-refractivity contribution is -0.127. The number of carbonyl (C=O) groups excluding carboxylic acids is 4. The van der Waals surface area contributed by atoms with Crippen molar-refractivity contribution in [1.29, 1.82) is 0 Å². The second-order valence-electron chi connectivity index (χ2n) is 9.06. The van der Waals surface area contributed by atoms with Gasteiger partial charge >= 0.3 is 0 Å². The van der Waals surface area contributed by atoms with Gasteiger partial charge in [-0.05, 0) is 41.8 Å². The van der Waals surface area contributed by atoms with E-state index in [-0.39, 0.29) is 11.1 Å². The molecule has 1 aliphatic carbocycles. The van der Waals surface area contributed by atoms with Crippen LogP contribution in [0.5, 0.6) is 0 Å². The number of Topliss-reactive ketones (excluding diaryl/α,β-unsaturated/α-hetero) is 2. The number of ketones is 2. The van der Waals surface area contributed by atoms with Gasteiger partial charge in [0.2, 0.25) is 29.0 Å². The number of rotatable bonds is 3. The molecule has 7 heteroatoms. The summed E-state index contributed by atoms with van der Waals surface area (Å²) < 4.78 is 6.26. The number of hydrogen-bond donors (Lipinski definition) is 0. The van der Waals surface area contributed by atoms with Crippen molar-refractivity contribution in [2.45, 2.75) is 25.0 Å². The van der Waals surface area contributed by atoms with Gasteiger partial charge in [-0.15, -0.1) is 0 Å². The Labute approximate surface area is 206 Å². The first-order chi connectivity index (χ1) is 16.9. The third-order valence-corrected chi connectivity index (χ3v) is 7.57. The molecule has 0 saturated carbocycles. The number of imide groups is 1. The minimum absolute atomic E-state index is 0.207. The molecule has 0 aromatic heterocycles. The fraction of sp³-hybridized carbons (Fsp3) is 0.214. The van der Waals surface area contributed by atoms with Crippen molar-refractivity contribution >= 4 is 40.7 Å². The molecular weight excluding hydrogens is 466 g/mol. The van der Waals surface area contributed by atoms with Crippen LogP contribution in [0.4, 0.5) is 5.69 Å². The number of anilines is 1. The van der Waals surface area contributed by atoms with Crippen LogP contribution in [0, 0.1) is 11.8 Å². The molecule has 3 aromatic rings. The third kappa shape index (κ3) is 2.87. The van der Waals surface area contributed by atoms with Gasteiger partial charge in [-0.25, -0.2) is 4.90 Å². The summed E-state index contributed by atoms with van der Waals surface area (Å²) in [5.74, 6) is -4.54. The average molecular weight is 486 g/mol. The first-order valence-corrected chi connectivity index (χ1v) is 11.8. The SMILES string of the molecule is CCc1ccc(N2C(=O)[C@@H]3[C@@H](C2=O)C2(O[C@H]3c3ccc(Cl)cc3)C(=O)c3ccccc3C2=O)cc1. The molecule has 174 valence electrons. The Morgan fingerprint density at radius 1 is 0.829 bits per heavy atom. The zero-order valence-electron chi connectivity index (χ0n) is 18.7. The molecule has 0 unspecified atom stereocenters. The van der Waals surface area contributed by atoms with Gasteiger partial charge in [-0.3, -0.25) is 19.2 Å². The smallest absolute Gasteiger partial charge is 0.241 e. The Balaban J connectivity index is 1.52. The molecule has 0 bridgehead atoms. The van der Waals surface area contributed by atoms with Crippen molar-refractivity contribution in [3.63, 3.8) is 0 Å². The van der Waals surface area contributed by atoms with Crippen LogP contribution in [-0.2, 0) is 20.7 Å². The summed E-state index contributed by atoms with van der Waals surface area (Å²) in [6.45, 7) is 2.01. The van der Waals surface area contributed by atoms with Gasteiger partial charge in [0.15, 0.2) is 0 Å². The van der Waals surface area contributed by atoms with Crippen LogP contribution in [0.1, 0.15) is 44.9 Å². The van der Waals surface area contributed by atoms with Gasteiger partial charge in [0.25, 0.3) is 0 Å². The van der Waals surface area contributed by atoms with E-state index in [0.717, 1.165) is 16.9 Å². The Morgan fingerprint density at radius 3 is 2.00 bits per heavy atom. The molecule has 0 N–H and O–H groups in total. The van der Waals surface area contributed by atoms with E-state index < -0.39 is 46.9 Å². The van der Waals surface area contributed by atoms with Crippen molar-refractivity contribution in [3.05, 3.63) is 100 Å². The molecule has 3 atom stereocenters. The van der Waals surface area contributed by atoms with Crippen LogP contribution in [0.25, 0.3) is 0 Å². The van der Waals surface area contributed by atoms with Crippen LogP contribution < -0.4 is 4.90 Å². The number of amides is 2. The van der Waals surface area contributed by atoms with Crippen molar-refractivity contribution < 1.29 is 23.9 Å². The summed E-state index contributed by atoms with van der Waals surface area (Å²) in [5.41, 5.74) is 0.374. The monoisotopic (exact) mass is 485 g/mol. The van der Waals surface area contributed by atoms with E-state index in [9.17, 15) is 19.2 Å². The van der Waals surface area contributed by atoms with Crippen molar-refractivity contribution in [3.8, 4) is 0 Å². The van der Waals surface area contributed by atoms with Crippen LogP contribution in [-0.4, -0.2) is 29.0 Å². The molecule has 2 aliphatic heterocycles. The van der Waals surface area contributed by atoms with Crippen LogP contribution in [0.15, 0.2) is 72.8 Å². The molecule has 2 saturated heterocycles. The summed E-state index contributed by atoms with van der Waals surface area (Å²) in [7, 11) is 0. The zero-order valence-corrected chi connectivity index (χ0v) is 19.5. The summed E-state index contributed by atoms with van der Waals surface area (Å²) >= 11 is 6.06. The predicted molar refractivity (Wildman–Crippen MR) is 128 cm³/mol. The lowest BCUT2D eigenvalue weighted by atomic mass is 9.77. The highest BCUT2D eigenvalue weighted by atomic mass is 35.5. The summed E-state index contributed by atoms with van der Waals surface area (Å²) in [5, 5.41) is 0.491. The molecule has 6 nitrogen and oxygen atoms in total. The van der Waals surface area contributed by atoms with Crippen molar-refractivity contribution in [2.24, 2.45) is 11.8 Å². The van der Waals surface area contributed by atoms with Crippen LogP contribution in [0.3, 0.4) is 0 Å². The van der Waals surface area contributed by atoms with Crippen LogP contribution in [0.2, 0.25) is 5.02 Å². The molecule has 2 heterocycles. The number of aryl methyl sites for hydroxylation is 1. The Morgan fingerprint density at radius 2 is 1.43 bits per heavy atom. The van der Waals surface area contributed by atoms with E-state index in [1.165, 1.54) is 0 Å². The normalized spacial score (nSPS) is 24.4. The maximum Gasteiger partial charge on any atom is 0.241 e.